The molecule has 1 atom stereocenters. The molecule has 8 heteroatoms. The lowest BCUT2D eigenvalue weighted by Crippen LogP contribution is -2.28. The van der Waals surface area contributed by atoms with Gasteiger partial charge >= 0.3 is 0 Å². The number of benzene rings is 2. The zero-order valence-corrected chi connectivity index (χ0v) is 15.7. The third-order valence-electron chi connectivity index (χ3n) is 3.82. The molecule has 0 aromatic heterocycles. The van der Waals surface area contributed by atoms with E-state index in [0.29, 0.717) is 22.4 Å². The normalized spacial score (nSPS) is 17.5. The van der Waals surface area contributed by atoms with Crippen molar-refractivity contribution in [1.29, 1.82) is 0 Å². The Morgan fingerprint density at radius 1 is 1.19 bits per heavy atom. The summed E-state index contributed by atoms with van der Waals surface area (Å²) in [7, 11) is 3.06. The topological polar surface area (TPSA) is 89.0 Å². The van der Waals surface area contributed by atoms with Gasteiger partial charge in [0.2, 0.25) is 11.8 Å². The molecule has 2 aromatic carbocycles. The Morgan fingerprint density at radius 3 is 2.67 bits per heavy atom. The number of hydrogen-bond donors (Lipinski definition) is 2. The molecule has 27 heavy (non-hydrogen) atoms. The van der Waals surface area contributed by atoms with Crippen LogP contribution in [0.25, 0.3) is 0 Å². The van der Waals surface area contributed by atoms with Crippen molar-refractivity contribution in [1.82, 2.24) is 5.32 Å². The van der Waals surface area contributed by atoms with Crippen LogP contribution in [0.15, 0.2) is 53.5 Å². The Labute approximate surface area is 161 Å². The summed E-state index contributed by atoms with van der Waals surface area (Å²) in [6, 6.07) is 14.4. The van der Waals surface area contributed by atoms with Crippen LogP contribution in [0.3, 0.4) is 0 Å². The number of thioether (sulfide) groups is 1. The number of rotatable bonds is 6. The Hall–Kier alpha value is -3.00. The number of anilines is 1. The lowest BCUT2D eigenvalue weighted by atomic mass is 10.2. The van der Waals surface area contributed by atoms with E-state index in [1.165, 1.54) is 18.9 Å². The maximum absolute atomic E-state index is 12.4. The lowest BCUT2D eigenvalue weighted by Gasteiger charge is -2.12. The van der Waals surface area contributed by atoms with E-state index in [0.717, 1.165) is 5.69 Å². The van der Waals surface area contributed by atoms with Crippen molar-refractivity contribution in [2.24, 2.45) is 4.99 Å². The quantitative estimate of drug-likeness (QED) is 0.798. The van der Waals surface area contributed by atoms with Gasteiger partial charge in [-0.25, -0.2) is 4.99 Å². The van der Waals surface area contributed by atoms with E-state index in [-0.39, 0.29) is 18.2 Å². The summed E-state index contributed by atoms with van der Waals surface area (Å²) in [4.78, 5) is 28.9. The van der Waals surface area contributed by atoms with Gasteiger partial charge in [-0.15, -0.1) is 0 Å². The summed E-state index contributed by atoms with van der Waals surface area (Å²) >= 11 is 1.25. The van der Waals surface area contributed by atoms with Gasteiger partial charge in [0.15, 0.2) is 5.17 Å². The third-order valence-corrected chi connectivity index (χ3v) is 4.90. The summed E-state index contributed by atoms with van der Waals surface area (Å²) < 4.78 is 10.4. The van der Waals surface area contributed by atoms with Crippen molar-refractivity contribution >= 4 is 40.1 Å². The van der Waals surface area contributed by atoms with Crippen LogP contribution in [0.4, 0.5) is 11.4 Å². The number of amidine groups is 1. The standard InChI is InChI=1S/C19H19N3O4S/c1-25-13-8-9-14(15(10-13)26-2)21-17(23)11-16-18(24)22-19(27-16)20-12-6-4-3-5-7-12/h3-10,16H,11H2,1-2H3,(H,21,23)(H,20,22,24)/t16-/m1/s1. The first-order valence-electron chi connectivity index (χ1n) is 8.22. The zero-order valence-electron chi connectivity index (χ0n) is 14.9. The Kier molecular flexibility index (Phi) is 5.97. The number of para-hydroxylation sites is 1. The summed E-state index contributed by atoms with van der Waals surface area (Å²) in [6.07, 6.45) is 0.0273. The summed E-state index contributed by atoms with van der Waals surface area (Å²) in [5.74, 6) is 0.591. The first-order valence-corrected chi connectivity index (χ1v) is 9.10. The van der Waals surface area contributed by atoms with Gasteiger partial charge < -0.3 is 20.1 Å². The van der Waals surface area contributed by atoms with Gasteiger partial charge in [-0.3, -0.25) is 9.59 Å². The lowest BCUT2D eigenvalue weighted by molar-refractivity contribution is -0.122. The largest absolute Gasteiger partial charge is 0.497 e. The molecule has 0 aliphatic carbocycles. The smallest absolute Gasteiger partial charge is 0.240 e. The van der Waals surface area contributed by atoms with Gasteiger partial charge in [0.1, 0.15) is 16.7 Å². The number of carbonyl (C=O) groups excluding carboxylic acids is 2. The molecular weight excluding hydrogens is 366 g/mol. The van der Waals surface area contributed by atoms with E-state index in [4.69, 9.17) is 9.47 Å². The van der Waals surface area contributed by atoms with Crippen LogP contribution in [-0.2, 0) is 9.59 Å². The summed E-state index contributed by atoms with van der Waals surface area (Å²) in [5.41, 5.74) is 1.26. The first-order chi connectivity index (χ1) is 13.1. The van der Waals surface area contributed by atoms with Crippen LogP contribution < -0.4 is 20.1 Å². The number of methoxy groups -OCH3 is 2. The van der Waals surface area contributed by atoms with E-state index in [9.17, 15) is 9.59 Å². The van der Waals surface area contributed by atoms with Crippen LogP contribution in [-0.4, -0.2) is 36.5 Å². The molecule has 1 heterocycles. The van der Waals surface area contributed by atoms with Gasteiger partial charge in [0.05, 0.1) is 25.6 Å². The number of nitrogens with one attached hydrogen (secondary N) is 2. The summed E-state index contributed by atoms with van der Waals surface area (Å²) in [5, 5.41) is 5.45. The van der Waals surface area contributed by atoms with Crippen molar-refractivity contribution in [3.05, 3.63) is 48.5 Å². The second kappa shape index (κ2) is 8.59. The number of nitrogens with zero attached hydrogens (tertiary/aromatic N) is 1. The Bertz CT molecular complexity index is 871. The van der Waals surface area contributed by atoms with Crippen molar-refractivity contribution in [2.75, 3.05) is 19.5 Å². The van der Waals surface area contributed by atoms with Crippen molar-refractivity contribution in [3.8, 4) is 11.5 Å². The molecule has 0 radical (unpaired) electrons. The van der Waals surface area contributed by atoms with Crippen LogP contribution >= 0.6 is 11.8 Å². The molecule has 0 spiro atoms. The fourth-order valence-corrected chi connectivity index (χ4v) is 3.47. The highest BCUT2D eigenvalue weighted by Crippen LogP contribution is 2.30. The highest BCUT2D eigenvalue weighted by Gasteiger charge is 2.32. The highest BCUT2D eigenvalue weighted by atomic mass is 32.2. The minimum atomic E-state index is -0.531. The number of aliphatic imine (C=N–C) groups is 1. The maximum atomic E-state index is 12.4. The molecule has 7 nitrogen and oxygen atoms in total. The second-order valence-electron chi connectivity index (χ2n) is 5.67. The molecular formula is C19H19N3O4S. The van der Waals surface area contributed by atoms with Gasteiger partial charge in [0, 0.05) is 12.5 Å². The molecule has 1 saturated heterocycles. The predicted octanol–water partition coefficient (Wildman–Crippen LogP) is 2.95. The molecule has 1 aliphatic rings. The molecule has 0 bridgehead atoms. The predicted molar refractivity (Wildman–Crippen MR) is 106 cm³/mol. The van der Waals surface area contributed by atoms with Gasteiger partial charge in [-0.05, 0) is 24.3 Å². The van der Waals surface area contributed by atoms with E-state index in [2.05, 4.69) is 15.6 Å². The van der Waals surface area contributed by atoms with Crippen LogP contribution in [0.1, 0.15) is 6.42 Å². The molecule has 2 aromatic rings. The number of hydrogen-bond acceptors (Lipinski definition) is 6. The summed E-state index contributed by atoms with van der Waals surface area (Å²) in [6.45, 7) is 0. The van der Waals surface area contributed by atoms with Crippen LogP contribution in [0.2, 0.25) is 0 Å². The van der Waals surface area contributed by atoms with Gasteiger partial charge in [-0.1, -0.05) is 30.0 Å². The zero-order chi connectivity index (χ0) is 19.2. The van der Waals surface area contributed by atoms with E-state index in [1.54, 1.807) is 25.3 Å². The van der Waals surface area contributed by atoms with E-state index in [1.807, 2.05) is 30.3 Å². The van der Waals surface area contributed by atoms with Crippen LogP contribution in [0.5, 0.6) is 11.5 Å². The fraction of sp³-hybridized carbons (Fsp3) is 0.211. The third kappa shape index (κ3) is 4.79. The fourth-order valence-electron chi connectivity index (χ4n) is 2.48. The molecule has 0 saturated carbocycles. The monoisotopic (exact) mass is 385 g/mol. The number of ether oxygens (including phenoxy) is 2. The van der Waals surface area contributed by atoms with Crippen molar-refractivity contribution in [3.63, 3.8) is 0 Å². The first kappa shape index (κ1) is 18.8. The molecule has 1 fully saturated rings. The Balaban J connectivity index is 1.63. The molecule has 2 amide bonds. The molecule has 1 aliphatic heterocycles. The average Bonchev–Trinajstić information content (AvgIpc) is 3.01. The molecule has 0 unspecified atom stereocenters. The molecule has 2 N–H and O–H groups in total. The van der Waals surface area contributed by atoms with Crippen LogP contribution in [0, 0.1) is 0 Å². The van der Waals surface area contributed by atoms with E-state index < -0.39 is 5.25 Å². The number of amides is 2. The Morgan fingerprint density at radius 2 is 1.96 bits per heavy atom. The molecule has 3 rings (SSSR count). The van der Waals surface area contributed by atoms with Gasteiger partial charge in [0.25, 0.3) is 0 Å². The van der Waals surface area contributed by atoms with Gasteiger partial charge in [-0.2, -0.15) is 0 Å². The van der Waals surface area contributed by atoms with Crippen molar-refractivity contribution in [2.45, 2.75) is 11.7 Å². The number of carbonyl (C=O) groups is 2. The highest BCUT2D eigenvalue weighted by molar-refractivity contribution is 8.15. The minimum Gasteiger partial charge on any atom is -0.497 e. The SMILES string of the molecule is COc1ccc(NC(=O)C[C@H]2SC(=Nc3ccccc3)NC2=O)c(OC)c1. The second-order valence-corrected chi connectivity index (χ2v) is 6.86. The van der Waals surface area contributed by atoms with E-state index >= 15 is 0 Å². The minimum absolute atomic E-state index is 0.0273. The average molecular weight is 385 g/mol. The van der Waals surface area contributed by atoms with Crippen molar-refractivity contribution < 1.29 is 19.1 Å². The maximum Gasteiger partial charge on any atom is 0.240 e. The molecule has 140 valence electrons.